The lowest BCUT2D eigenvalue weighted by Gasteiger charge is -2.15. The first-order chi connectivity index (χ1) is 11.8. The molecule has 1 aromatic rings. The summed E-state index contributed by atoms with van der Waals surface area (Å²) in [5.41, 5.74) is 4.57. The van der Waals surface area contributed by atoms with E-state index in [9.17, 15) is 9.59 Å². The van der Waals surface area contributed by atoms with E-state index in [0.29, 0.717) is 5.56 Å². The van der Waals surface area contributed by atoms with Crippen molar-refractivity contribution in [3.05, 3.63) is 23.3 Å². The summed E-state index contributed by atoms with van der Waals surface area (Å²) in [5, 5.41) is 6.95. The molecule has 1 aromatic carbocycles. The maximum atomic E-state index is 12.3. The standard InChI is InChI=1S/C19H27N3O3/c1-6-7-8-9-12-14(25-5)11-10-13-15(12)20-17(23)16(13)21-22-18(24)19(2,3)4/h10-11H,6-9H2,1-5H3,(H,22,24)(H,20,21,23). The van der Waals surface area contributed by atoms with Gasteiger partial charge in [0.1, 0.15) is 5.75 Å². The predicted molar refractivity (Wildman–Crippen MR) is 99.0 cm³/mol. The molecule has 0 spiro atoms. The van der Waals surface area contributed by atoms with E-state index in [0.717, 1.165) is 42.7 Å². The van der Waals surface area contributed by atoms with Gasteiger partial charge in [0.2, 0.25) is 5.91 Å². The van der Waals surface area contributed by atoms with Crippen LogP contribution >= 0.6 is 0 Å². The minimum atomic E-state index is -0.576. The number of nitrogens with one attached hydrogen (secondary N) is 2. The monoisotopic (exact) mass is 345 g/mol. The van der Waals surface area contributed by atoms with E-state index in [2.05, 4.69) is 22.8 Å². The summed E-state index contributed by atoms with van der Waals surface area (Å²) in [6, 6.07) is 3.65. The van der Waals surface area contributed by atoms with Gasteiger partial charge in [-0.2, -0.15) is 5.10 Å². The highest BCUT2D eigenvalue weighted by molar-refractivity contribution is 6.54. The van der Waals surface area contributed by atoms with E-state index in [1.165, 1.54) is 0 Å². The molecule has 0 saturated carbocycles. The number of ether oxygens (including phenoxy) is 1. The molecular formula is C19H27N3O3. The van der Waals surface area contributed by atoms with Gasteiger partial charge in [0, 0.05) is 16.5 Å². The lowest BCUT2D eigenvalue weighted by atomic mass is 9.96. The van der Waals surface area contributed by atoms with Crippen molar-refractivity contribution in [3.63, 3.8) is 0 Å². The second-order valence-electron chi connectivity index (χ2n) is 7.23. The topological polar surface area (TPSA) is 79.8 Å². The highest BCUT2D eigenvalue weighted by Crippen LogP contribution is 2.35. The van der Waals surface area contributed by atoms with Crippen molar-refractivity contribution in [1.29, 1.82) is 0 Å². The lowest BCUT2D eigenvalue weighted by Crippen LogP contribution is -2.33. The van der Waals surface area contributed by atoms with Crippen LogP contribution in [0, 0.1) is 5.41 Å². The van der Waals surface area contributed by atoms with Crippen LogP contribution in [0.5, 0.6) is 5.75 Å². The van der Waals surface area contributed by atoms with Gasteiger partial charge < -0.3 is 10.1 Å². The first-order valence-corrected chi connectivity index (χ1v) is 8.69. The molecule has 2 N–H and O–H groups in total. The van der Waals surface area contributed by atoms with Gasteiger partial charge in [-0.15, -0.1) is 0 Å². The van der Waals surface area contributed by atoms with Crippen LogP contribution in [0.2, 0.25) is 0 Å². The van der Waals surface area contributed by atoms with Gasteiger partial charge in [0.05, 0.1) is 12.8 Å². The van der Waals surface area contributed by atoms with Crippen molar-refractivity contribution in [1.82, 2.24) is 5.43 Å². The minimum Gasteiger partial charge on any atom is -0.496 e. The Bertz CT molecular complexity index is 703. The molecule has 6 nitrogen and oxygen atoms in total. The number of carbonyl (C=O) groups is 2. The van der Waals surface area contributed by atoms with Crippen LogP contribution in [0.4, 0.5) is 5.69 Å². The maximum Gasteiger partial charge on any atom is 0.276 e. The van der Waals surface area contributed by atoms with Gasteiger partial charge in [-0.1, -0.05) is 40.5 Å². The molecule has 2 rings (SSSR count). The zero-order valence-electron chi connectivity index (χ0n) is 15.7. The third-order valence-corrected chi connectivity index (χ3v) is 4.18. The molecule has 2 amide bonds. The summed E-state index contributed by atoms with van der Waals surface area (Å²) in [6.45, 7) is 7.53. The zero-order chi connectivity index (χ0) is 18.6. The van der Waals surface area contributed by atoms with Crippen LogP contribution in [0.3, 0.4) is 0 Å². The highest BCUT2D eigenvalue weighted by Gasteiger charge is 2.30. The Morgan fingerprint density at radius 2 is 2.00 bits per heavy atom. The molecule has 0 unspecified atom stereocenters. The van der Waals surface area contributed by atoms with Gasteiger partial charge >= 0.3 is 0 Å². The molecular weight excluding hydrogens is 318 g/mol. The molecule has 6 heteroatoms. The number of rotatable bonds is 6. The van der Waals surface area contributed by atoms with Gasteiger partial charge in [-0.05, 0) is 25.0 Å². The summed E-state index contributed by atoms with van der Waals surface area (Å²) < 4.78 is 5.45. The fourth-order valence-corrected chi connectivity index (χ4v) is 2.64. The summed E-state index contributed by atoms with van der Waals surface area (Å²) in [6.07, 6.45) is 4.08. The molecule has 0 aliphatic carbocycles. The zero-order valence-corrected chi connectivity index (χ0v) is 15.7. The second kappa shape index (κ2) is 7.68. The van der Waals surface area contributed by atoms with Crippen molar-refractivity contribution in [2.24, 2.45) is 10.5 Å². The van der Waals surface area contributed by atoms with Crippen molar-refractivity contribution < 1.29 is 14.3 Å². The van der Waals surface area contributed by atoms with Gasteiger partial charge in [0.25, 0.3) is 5.91 Å². The summed E-state index contributed by atoms with van der Waals surface area (Å²) in [4.78, 5) is 24.4. The largest absolute Gasteiger partial charge is 0.496 e. The Morgan fingerprint density at radius 3 is 2.60 bits per heavy atom. The van der Waals surface area contributed by atoms with E-state index in [1.54, 1.807) is 33.9 Å². The molecule has 136 valence electrons. The Hall–Kier alpha value is -2.37. The molecule has 0 fully saturated rings. The second-order valence-corrected chi connectivity index (χ2v) is 7.23. The number of unbranched alkanes of at least 4 members (excludes halogenated alkanes) is 2. The highest BCUT2D eigenvalue weighted by atomic mass is 16.5. The number of hydrogen-bond acceptors (Lipinski definition) is 4. The third kappa shape index (κ3) is 4.18. The molecule has 0 atom stereocenters. The fraction of sp³-hybridized carbons (Fsp3) is 0.526. The van der Waals surface area contributed by atoms with E-state index in [1.807, 2.05) is 6.07 Å². The number of nitrogens with zero attached hydrogens (tertiary/aromatic N) is 1. The SMILES string of the molecule is CCCCCc1c(OC)ccc2c1NC(=O)/C2=N\NC(=O)C(C)(C)C. The average molecular weight is 345 g/mol. The van der Waals surface area contributed by atoms with E-state index < -0.39 is 5.41 Å². The van der Waals surface area contributed by atoms with Crippen LogP contribution < -0.4 is 15.5 Å². The van der Waals surface area contributed by atoms with Crippen LogP contribution in [0.25, 0.3) is 0 Å². The van der Waals surface area contributed by atoms with Crippen molar-refractivity contribution in [3.8, 4) is 5.75 Å². The van der Waals surface area contributed by atoms with E-state index in [4.69, 9.17) is 4.74 Å². The fourth-order valence-electron chi connectivity index (χ4n) is 2.64. The number of benzene rings is 1. The Balaban J connectivity index is 2.34. The number of fused-ring (bicyclic) bond motifs is 1. The van der Waals surface area contributed by atoms with Crippen molar-refractivity contribution in [2.75, 3.05) is 12.4 Å². The minimum absolute atomic E-state index is 0.229. The van der Waals surface area contributed by atoms with Crippen LogP contribution in [-0.4, -0.2) is 24.6 Å². The molecule has 0 aromatic heterocycles. The maximum absolute atomic E-state index is 12.3. The number of carbonyl (C=O) groups excluding carboxylic acids is 2. The number of amides is 2. The average Bonchev–Trinajstić information content (AvgIpc) is 2.87. The van der Waals surface area contributed by atoms with Crippen molar-refractivity contribution >= 4 is 23.2 Å². The number of hydrazone groups is 1. The Labute approximate surface area is 149 Å². The van der Waals surface area contributed by atoms with E-state index in [-0.39, 0.29) is 17.5 Å². The molecule has 1 heterocycles. The molecule has 0 bridgehead atoms. The molecule has 0 radical (unpaired) electrons. The smallest absolute Gasteiger partial charge is 0.276 e. The normalized spacial score (nSPS) is 15.1. The molecule has 25 heavy (non-hydrogen) atoms. The number of hydrogen-bond donors (Lipinski definition) is 2. The van der Waals surface area contributed by atoms with Crippen molar-refractivity contribution in [2.45, 2.75) is 53.4 Å². The Kier molecular flexibility index (Phi) is 5.82. The summed E-state index contributed by atoms with van der Waals surface area (Å²) >= 11 is 0. The number of anilines is 1. The van der Waals surface area contributed by atoms with Crippen LogP contribution in [0.1, 0.15) is 58.1 Å². The van der Waals surface area contributed by atoms with Crippen LogP contribution in [0.15, 0.2) is 17.2 Å². The van der Waals surface area contributed by atoms with E-state index >= 15 is 0 Å². The summed E-state index contributed by atoms with van der Waals surface area (Å²) in [7, 11) is 1.63. The molecule has 1 aliphatic rings. The van der Waals surface area contributed by atoms with Gasteiger partial charge in [-0.25, -0.2) is 5.43 Å². The first-order valence-electron chi connectivity index (χ1n) is 8.69. The third-order valence-electron chi connectivity index (χ3n) is 4.18. The quantitative estimate of drug-likeness (QED) is 0.613. The van der Waals surface area contributed by atoms with Gasteiger partial charge in [0.15, 0.2) is 5.71 Å². The summed E-state index contributed by atoms with van der Waals surface area (Å²) in [5.74, 6) is 0.210. The lowest BCUT2D eigenvalue weighted by molar-refractivity contribution is -0.128. The molecule has 0 saturated heterocycles. The molecule has 1 aliphatic heterocycles. The van der Waals surface area contributed by atoms with Crippen LogP contribution in [-0.2, 0) is 16.0 Å². The Morgan fingerprint density at radius 1 is 1.28 bits per heavy atom. The van der Waals surface area contributed by atoms with Gasteiger partial charge in [-0.3, -0.25) is 9.59 Å². The predicted octanol–water partition coefficient (Wildman–Crippen LogP) is 3.25. The number of methoxy groups -OCH3 is 1. The first kappa shape index (κ1) is 19.0.